The van der Waals surface area contributed by atoms with Gasteiger partial charge < -0.3 is 25.2 Å². The molecular formula is C17H25F3N2O3. The lowest BCUT2D eigenvalue weighted by Gasteiger charge is -2.27. The molecule has 25 heavy (non-hydrogen) atoms. The van der Waals surface area contributed by atoms with Gasteiger partial charge >= 0.3 is 6.18 Å². The fourth-order valence-electron chi connectivity index (χ4n) is 3.17. The number of nitrogens with zero attached hydrogens (tertiary/aromatic N) is 1. The van der Waals surface area contributed by atoms with Crippen molar-refractivity contribution in [3.8, 4) is 11.5 Å². The van der Waals surface area contributed by atoms with E-state index in [1.54, 1.807) is 0 Å². The highest BCUT2D eigenvalue weighted by atomic mass is 19.4. The van der Waals surface area contributed by atoms with Crippen molar-refractivity contribution < 1.29 is 27.8 Å². The molecule has 0 saturated carbocycles. The second-order valence-electron chi connectivity index (χ2n) is 6.21. The summed E-state index contributed by atoms with van der Waals surface area (Å²) in [6, 6.07) is 1.62. The second kappa shape index (κ2) is 7.80. The minimum atomic E-state index is -4.60. The molecule has 1 fully saturated rings. The molecule has 1 aromatic carbocycles. The molecule has 0 aromatic heterocycles. The van der Waals surface area contributed by atoms with Gasteiger partial charge in [-0.1, -0.05) is 7.43 Å². The van der Waals surface area contributed by atoms with Crippen LogP contribution in [0.25, 0.3) is 0 Å². The Hall–Kier alpha value is -1.51. The molecule has 3 N–H and O–H groups in total. The Morgan fingerprint density at radius 3 is 2.44 bits per heavy atom. The Labute approximate surface area is 145 Å². The van der Waals surface area contributed by atoms with Gasteiger partial charge in [0.1, 0.15) is 18.8 Å². The Morgan fingerprint density at radius 1 is 1.16 bits per heavy atom. The van der Waals surface area contributed by atoms with E-state index in [2.05, 4.69) is 4.90 Å². The Morgan fingerprint density at radius 2 is 1.80 bits per heavy atom. The summed E-state index contributed by atoms with van der Waals surface area (Å²) in [6.07, 6.45) is -3.65. The number of nitrogens with two attached hydrogens (primary N) is 1. The highest BCUT2D eigenvalue weighted by Gasteiger charge is 2.38. The number of rotatable bonds is 4. The highest BCUT2D eigenvalue weighted by Crippen LogP contribution is 2.44. The van der Waals surface area contributed by atoms with Gasteiger partial charge in [0, 0.05) is 12.6 Å². The number of ether oxygens (including phenoxy) is 2. The van der Waals surface area contributed by atoms with Gasteiger partial charge in [-0.05, 0) is 43.6 Å². The van der Waals surface area contributed by atoms with E-state index in [-0.39, 0.29) is 37.7 Å². The van der Waals surface area contributed by atoms with Crippen molar-refractivity contribution in [1.82, 2.24) is 4.90 Å². The summed E-state index contributed by atoms with van der Waals surface area (Å²) in [5.74, 6) is -0.323. The normalized spacial score (nSPS) is 20.0. The van der Waals surface area contributed by atoms with Gasteiger partial charge in [-0.15, -0.1) is 0 Å². The standard InChI is InChI=1S/C16H21F3N2O3.CH4/c17-16(18,19)11-7-10(8-13-15(11)24-6-5-23-13)14(22)12(20)9-21-3-1-2-4-21;/h7-8,12,14,22H,1-6,9,20H2;1H4/t12-,14-;/m1./s1. The average Bonchev–Trinajstić information content (AvgIpc) is 3.05. The topological polar surface area (TPSA) is 68.0 Å². The van der Waals surface area contributed by atoms with Gasteiger partial charge in [0.25, 0.3) is 0 Å². The number of halogens is 3. The van der Waals surface area contributed by atoms with E-state index in [0.717, 1.165) is 32.0 Å². The molecule has 1 saturated heterocycles. The van der Waals surface area contributed by atoms with E-state index >= 15 is 0 Å². The quantitative estimate of drug-likeness (QED) is 0.862. The molecular weight excluding hydrogens is 337 g/mol. The van der Waals surface area contributed by atoms with E-state index in [1.165, 1.54) is 6.07 Å². The van der Waals surface area contributed by atoms with Crippen LogP contribution < -0.4 is 15.2 Å². The van der Waals surface area contributed by atoms with E-state index in [1.807, 2.05) is 0 Å². The second-order valence-corrected chi connectivity index (χ2v) is 6.21. The zero-order valence-electron chi connectivity index (χ0n) is 13.2. The number of aliphatic hydroxyl groups excluding tert-OH is 1. The predicted octanol–water partition coefficient (Wildman–Crippen LogP) is 2.57. The van der Waals surface area contributed by atoms with Crippen molar-refractivity contribution in [1.29, 1.82) is 0 Å². The molecule has 0 spiro atoms. The summed E-state index contributed by atoms with van der Waals surface area (Å²) >= 11 is 0. The molecule has 8 heteroatoms. The van der Waals surface area contributed by atoms with Crippen LogP contribution in [0.3, 0.4) is 0 Å². The zero-order valence-corrected chi connectivity index (χ0v) is 13.2. The number of hydrogen-bond donors (Lipinski definition) is 2. The van der Waals surface area contributed by atoms with Crippen LogP contribution in [0.5, 0.6) is 11.5 Å². The first-order chi connectivity index (χ1) is 11.4. The van der Waals surface area contributed by atoms with Crippen molar-refractivity contribution in [3.05, 3.63) is 23.3 Å². The Kier molecular flexibility index (Phi) is 6.18. The molecule has 0 bridgehead atoms. The lowest BCUT2D eigenvalue weighted by atomic mass is 9.98. The molecule has 1 aromatic rings. The summed E-state index contributed by atoms with van der Waals surface area (Å²) in [5, 5.41) is 10.4. The van der Waals surface area contributed by atoms with Crippen molar-refractivity contribution in [2.24, 2.45) is 5.73 Å². The van der Waals surface area contributed by atoms with Gasteiger partial charge in [-0.25, -0.2) is 0 Å². The summed E-state index contributed by atoms with van der Waals surface area (Å²) < 4.78 is 50.3. The molecule has 142 valence electrons. The molecule has 0 unspecified atom stereocenters. The predicted molar refractivity (Wildman–Crippen MR) is 87.8 cm³/mol. The van der Waals surface area contributed by atoms with Crippen LogP contribution in [-0.4, -0.2) is 48.9 Å². The molecule has 2 heterocycles. The van der Waals surface area contributed by atoms with Crippen molar-refractivity contribution in [2.45, 2.75) is 38.6 Å². The van der Waals surface area contributed by atoms with E-state index in [4.69, 9.17) is 15.2 Å². The summed E-state index contributed by atoms with van der Waals surface area (Å²) in [5.41, 5.74) is 5.17. The molecule has 2 aliphatic rings. The van der Waals surface area contributed by atoms with Gasteiger partial charge in [-0.2, -0.15) is 13.2 Å². The number of aliphatic hydroxyl groups is 1. The minimum Gasteiger partial charge on any atom is -0.486 e. The average molecular weight is 362 g/mol. The first kappa shape index (κ1) is 19.8. The fraction of sp³-hybridized carbons (Fsp3) is 0.647. The van der Waals surface area contributed by atoms with Gasteiger partial charge in [0.2, 0.25) is 0 Å². The summed E-state index contributed by atoms with van der Waals surface area (Å²) in [6.45, 7) is 2.47. The first-order valence-corrected chi connectivity index (χ1v) is 8.03. The van der Waals surface area contributed by atoms with Crippen LogP contribution in [0.4, 0.5) is 13.2 Å². The van der Waals surface area contributed by atoms with Crippen LogP contribution in [0.1, 0.15) is 37.5 Å². The number of alkyl halides is 3. The molecule has 2 aliphatic heterocycles. The van der Waals surface area contributed by atoms with Gasteiger partial charge in [0.15, 0.2) is 11.5 Å². The van der Waals surface area contributed by atoms with Gasteiger partial charge in [-0.3, -0.25) is 0 Å². The molecule has 0 radical (unpaired) electrons. The maximum absolute atomic E-state index is 13.3. The fourth-order valence-corrected chi connectivity index (χ4v) is 3.17. The SMILES string of the molecule is C.N[C@H](CN1CCCC1)[C@H](O)c1cc2c(c(C(F)(F)F)c1)OCCO2. The molecule has 0 aliphatic carbocycles. The summed E-state index contributed by atoms with van der Waals surface area (Å²) in [7, 11) is 0. The Balaban J connectivity index is 0.00000225. The van der Waals surface area contributed by atoms with Crippen molar-refractivity contribution >= 4 is 0 Å². The third kappa shape index (κ3) is 4.37. The minimum absolute atomic E-state index is 0. The monoisotopic (exact) mass is 362 g/mol. The first-order valence-electron chi connectivity index (χ1n) is 8.03. The van der Waals surface area contributed by atoms with Crippen molar-refractivity contribution in [3.63, 3.8) is 0 Å². The lowest BCUT2D eigenvalue weighted by molar-refractivity contribution is -0.139. The number of likely N-dealkylation sites (tertiary alicyclic amines) is 1. The van der Waals surface area contributed by atoms with Crippen LogP contribution in [0.15, 0.2) is 12.1 Å². The lowest BCUT2D eigenvalue weighted by Crippen LogP contribution is -2.40. The molecule has 2 atom stereocenters. The molecule has 5 nitrogen and oxygen atoms in total. The van der Waals surface area contributed by atoms with Gasteiger partial charge in [0.05, 0.1) is 6.10 Å². The van der Waals surface area contributed by atoms with Crippen molar-refractivity contribution in [2.75, 3.05) is 32.8 Å². The van der Waals surface area contributed by atoms with Crippen LogP contribution in [0, 0.1) is 0 Å². The van der Waals surface area contributed by atoms with Crippen LogP contribution in [0.2, 0.25) is 0 Å². The third-order valence-electron chi connectivity index (χ3n) is 4.38. The third-order valence-corrected chi connectivity index (χ3v) is 4.38. The number of fused-ring (bicyclic) bond motifs is 1. The number of hydrogen-bond acceptors (Lipinski definition) is 5. The summed E-state index contributed by atoms with van der Waals surface area (Å²) in [4.78, 5) is 2.11. The largest absolute Gasteiger partial charge is 0.486 e. The maximum atomic E-state index is 13.3. The van der Waals surface area contributed by atoms with E-state index in [9.17, 15) is 18.3 Å². The molecule has 0 amide bonds. The smallest absolute Gasteiger partial charge is 0.420 e. The van der Waals surface area contributed by atoms with Crippen LogP contribution in [-0.2, 0) is 6.18 Å². The molecule has 3 rings (SSSR count). The number of benzene rings is 1. The van der Waals surface area contributed by atoms with Crippen LogP contribution >= 0.6 is 0 Å². The highest BCUT2D eigenvalue weighted by molar-refractivity contribution is 5.52. The van der Waals surface area contributed by atoms with E-state index < -0.39 is 23.9 Å². The zero-order chi connectivity index (χ0) is 17.3. The Bertz CT molecular complexity index is 589. The van der Waals surface area contributed by atoms with E-state index in [0.29, 0.717) is 6.54 Å². The maximum Gasteiger partial charge on any atom is 0.420 e.